The van der Waals surface area contributed by atoms with Crippen molar-refractivity contribution >= 4 is 11.6 Å². The second-order valence-corrected chi connectivity index (χ2v) is 5.18. The lowest BCUT2D eigenvalue weighted by Crippen LogP contribution is -2.19. The Morgan fingerprint density at radius 3 is 2.89 bits per heavy atom. The molecule has 1 N–H and O–H groups in total. The van der Waals surface area contributed by atoms with Crippen LogP contribution < -0.4 is 5.32 Å². The van der Waals surface area contributed by atoms with E-state index in [0.717, 1.165) is 12.2 Å². The average molecular weight is 283 g/mol. The van der Waals surface area contributed by atoms with Crippen molar-refractivity contribution in [2.45, 2.75) is 20.4 Å². The summed E-state index contributed by atoms with van der Waals surface area (Å²) in [6.07, 6.45) is 1.80. The SMILES string of the molecule is CC(C)CNCc1cn(-c2ccc(F)c(Cl)c2)nn1. The molecule has 0 bridgehead atoms. The summed E-state index contributed by atoms with van der Waals surface area (Å²) < 4.78 is 14.7. The van der Waals surface area contributed by atoms with Crippen LogP contribution >= 0.6 is 11.6 Å². The Balaban J connectivity index is 2.05. The monoisotopic (exact) mass is 282 g/mol. The van der Waals surface area contributed by atoms with Crippen molar-refractivity contribution in [1.82, 2.24) is 20.3 Å². The molecule has 102 valence electrons. The third-order valence-electron chi connectivity index (χ3n) is 2.57. The molecule has 1 aromatic heterocycles. The number of halogens is 2. The van der Waals surface area contributed by atoms with Gasteiger partial charge in [-0.05, 0) is 30.7 Å². The molecular formula is C13H16ClFN4. The van der Waals surface area contributed by atoms with Crippen LogP contribution in [0.2, 0.25) is 5.02 Å². The molecule has 2 aromatic rings. The maximum absolute atomic E-state index is 13.1. The molecule has 0 aliphatic rings. The fourth-order valence-corrected chi connectivity index (χ4v) is 1.80. The molecule has 2 rings (SSSR count). The summed E-state index contributed by atoms with van der Waals surface area (Å²) in [6, 6.07) is 4.45. The lowest BCUT2D eigenvalue weighted by atomic mass is 10.2. The Kier molecular flexibility index (Phi) is 4.50. The van der Waals surface area contributed by atoms with Crippen LogP contribution in [0.15, 0.2) is 24.4 Å². The number of rotatable bonds is 5. The maximum atomic E-state index is 13.1. The highest BCUT2D eigenvalue weighted by molar-refractivity contribution is 6.30. The van der Waals surface area contributed by atoms with Crippen molar-refractivity contribution in [1.29, 1.82) is 0 Å². The van der Waals surface area contributed by atoms with Crippen molar-refractivity contribution in [2.24, 2.45) is 5.92 Å². The van der Waals surface area contributed by atoms with Gasteiger partial charge in [-0.15, -0.1) is 5.10 Å². The standard InChI is InChI=1S/C13H16ClFN4/c1-9(2)6-16-7-10-8-19(18-17-10)11-3-4-13(15)12(14)5-11/h3-5,8-9,16H,6-7H2,1-2H3. The van der Waals surface area contributed by atoms with E-state index in [1.807, 2.05) is 0 Å². The molecule has 4 nitrogen and oxygen atoms in total. The molecule has 0 amide bonds. The minimum atomic E-state index is -0.440. The maximum Gasteiger partial charge on any atom is 0.141 e. The Morgan fingerprint density at radius 1 is 1.42 bits per heavy atom. The number of aromatic nitrogens is 3. The van der Waals surface area contributed by atoms with E-state index >= 15 is 0 Å². The van der Waals surface area contributed by atoms with Gasteiger partial charge in [0.1, 0.15) is 5.82 Å². The summed E-state index contributed by atoms with van der Waals surface area (Å²) in [7, 11) is 0. The van der Waals surface area contributed by atoms with E-state index in [1.165, 1.54) is 12.1 Å². The van der Waals surface area contributed by atoms with E-state index < -0.39 is 5.82 Å². The minimum absolute atomic E-state index is 0.0764. The van der Waals surface area contributed by atoms with Crippen LogP contribution in [0.4, 0.5) is 4.39 Å². The number of hydrogen-bond donors (Lipinski definition) is 1. The van der Waals surface area contributed by atoms with Gasteiger partial charge in [-0.25, -0.2) is 9.07 Å². The number of nitrogens with one attached hydrogen (secondary N) is 1. The first kappa shape index (κ1) is 14.0. The summed E-state index contributed by atoms with van der Waals surface area (Å²) in [4.78, 5) is 0. The van der Waals surface area contributed by atoms with E-state index in [1.54, 1.807) is 16.9 Å². The minimum Gasteiger partial charge on any atom is -0.311 e. The van der Waals surface area contributed by atoms with E-state index in [2.05, 4.69) is 29.5 Å². The molecule has 1 aromatic carbocycles. The number of nitrogens with zero attached hydrogens (tertiary/aromatic N) is 3. The van der Waals surface area contributed by atoms with Crippen molar-refractivity contribution in [3.8, 4) is 5.69 Å². The summed E-state index contributed by atoms with van der Waals surface area (Å²) in [5.41, 5.74) is 1.52. The topological polar surface area (TPSA) is 42.7 Å². The highest BCUT2D eigenvalue weighted by atomic mass is 35.5. The van der Waals surface area contributed by atoms with Gasteiger partial charge in [0.25, 0.3) is 0 Å². The molecular weight excluding hydrogens is 267 g/mol. The molecule has 0 atom stereocenters. The smallest absolute Gasteiger partial charge is 0.141 e. The van der Waals surface area contributed by atoms with Crippen molar-refractivity contribution in [3.63, 3.8) is 0 Å². The average Bonchev–Trinajstić information content (AvgIpc) is 2.81. The molecule has 6 heteroatoms. The lowest BCUT2D eigenvalue weighted by molar-refractivity contribution is 0.548. The van der Waals surface area contributed by atoms with Gasteiger partial charge in [-0.3, -0.25) is 0 Å². The molecule has 0 spiro atoms. The highest BCUT2D eigenvalue weighted by Gasteiger charge is 2.06. The predicted octanol–water partition coefficient (Wildman–Crippen LogP) is 2.81. The van der Waals surface area contributed by atoms with E-state index in [0.29, 0.717) is 18.2 Å². The van der Waals surface area contributed by atoms with Crippen LogP contribution in [0.3, 0.4) is 0 Å². The summed E-state index contributed by atoms with van der Waals surface area (Å²) in [6.45, 7) is 5.87. The first-order chi connectivity index (χ1) is 9.06. The fraction of sp³-hybridized carbons (Fsp3) is 0.385. The van der Waals surface area contributed by atoms with Gasteiger partial charge in [0.2, 0.25) is 0 Å². The number of benzene rings is 1. The summed E-state index contributed by atoms with van der Waals surface area (Å²) in [5, 5.41) is 11.4. The zero-order chi connectivity index (χ0) is 13.8. The van der Waals surface area contributed by atoms with Gasteiger partial charge in [0.15, 0.2) is 0 Å². The van der Waals surface area contributed by atoms with Crippen LogP contribution in [0.1, 0.15) is 19.5 Å². The molecule has 0 saturated carbocycles. The van der Waals surface area contributed by atoms with Gasteiger partial charge in [0, 0.05) is 6.54 Å². The second kappa shape index (κ2) is 6.12. The second-order valence-electron chi connectivity index (χ2n) is 4.78. The van der Waals surface area contributed by atoms with Crippen molar-refractivity contribution in [3.05, 3.63) is 40.9 Å². The number of hydrogen-bond acceptors (Lipinski definition) is 3. The molecule has 1 heterocycles. The van der Waals surface area contributed by atoms with Gasteiger partial charge >= 0.3 is 0 Å². The first-order valence-electron chi connectivity index (χ1n) is 6.13. The molecule has 0 aliphatic heterocycles. The Hall–Kier alpha value is -1.46. The van der Waals surface area contributed by atoms with Crippen LogP contribution in [-0.4, -0.2) is 21.5 Å². The van der Waals surface area contributed by atoms with Gasteiger partial charge in [0.05, 0.1) is 22.6 Å². The zero-order valence-corrected chi connectivity index (χ0v) is 11.7. The first-order valence-corrected chi connectivity index (χ1v) is 6.51. The third-order valence-corrected chi connectivity index (χ3v) is 2.86. The zero-order valence-electron chi connectivity index (χ0n) is 10.9. The predicted molar refractivity (Wildman–Crippen MR) is 72.9 cm³/mol. The van der Waals surface area contributed by atoms with E-state index in [-0.39, 0.29) is 5.02 Å². The van der Waals surface area contributed by atoms with Crippen molar-refractivity contribution < 1.29 is 4.39 Å². The van der Waals surface area contributed by atoms with Crippen LogP contribution in [0, 0.1) is 11.7 Å². The summed E-state index contributed by atoms with van der Waals surface area (Å²) >= 11 is 5.74. The van der Waals surface area contributed by atoms with Crippen LogP contribution in [0.5, 0.6) is 0 Å². The van der Waals surface area contributed by atoms with E-state index in [4.69, 9.17) is 11.6 Å². The molecule has 0 unspecified atom stereocenters. The van der Waals surface area contributed by atoms with Gasteiger partial charge in [-0.2, -0.15) is 0 Å². The fourth-order valence-electron chi connectivity index (χ4n) is 1.62. The molecule has 0 saturated heterocycles. The molecule has 0 radical (unpaired) electrons. The molecule has 0 aliphatic carbocycles. The van der Waals surface area contributed by atoms with Crippen LogP contribution in [-0.2, 0) is 6.54 Å². The third kappa shape index (κ3) is 3.75. The Bertz CT molecular complexity index is 553. The van der Waals surface area contributed by atoms with Gasteiger partial charge in [-0.1, -0.05) is 30.7 Å². The molecule has 19 heavy (non-hydrogen) atoms. The van der Waals surface area contributed by atoms with Crippen LogP contribution in [0.25, 0.3) is 5.69 Å². The van der Waals surface area contributed by atoms with Gasteiger partial charge < -0.3 is 5.32 Å². The lowest BCUT2D eigenvalue weighted by Gasteiger charge is -2.04. The Morgan fingerprint density at radius 2 is 2.21 bits per heavy atom. The summed E-state index contributed by atoms with van der Waals surface area (Å²) in [5.74, 6) is 0.148. The largest absolute Gasteiger partial charge is 0.311 e. The highest BCUT2D eigenvalue weighted by Crippen LogP contribution is 2.18. The van der Waals surface area contributed by atoms with E-state index in [9.17, 15) is 4.39 Å². The molecule has 0 fully saturated rings. The Labute approximate surface area is 116 Å². The van der Waals surface area contributed by atoms with Crippen molar-refractivity contribution in [2.75, 3.05) is 6.54 Å². The normalized spacial score (nSPS) is 11.2. The quantitative estimate of drug-likeness (QED) is 0.917.